The van der Waals surface area contributed by atoms with Crippen LogP contribution in [0.1, 0.15) is 23.7 Å². The number of carboxylic acid groups (broad SMARTS) is 1. The topological polar surface area (TPSA) is 74.6 Å². The zero-order valence-electron chi connectivity index (χ0n) is 8.30. The second-order valence-electron chi connectivity index (χ2n) is 3.54. The first kappa shape index (κ1) is 11.4. The molecule has 0 heterocycles. The van der Waals surface area contributed by atoms with Crippen molar-refractivity contribution in [3.63, 3.8) is 0 Å². The molecule has 15 heavy (non-hydrogen) atoms. The predicted octanol–water partition coefficient (Wildman–Crippen LogP) is 1.09. The number of rotatable bonds is 4. The summed E-state index contributed by atoms with van der Waals surface area (Å²) in [6.45, 7) is 1.11. The van der Waals surface area contributed by atoms with Crippen LogP contribution >= 0.6 is 0 Å². The predicted molar refractivity (Wildman–Crippen MR) is 53.6 cm³/mol. The van der Waals surface area contributed by atoms with E-state index >= 15 is 0 Å². The highest BCUT2D eigenvalue weighted by Crippen LogP contribution is 2.14. The van der Waals surface area contributed by atoms with Gasteiger partial charge >= 0.3 is 5.97 Å². The van der Waals surface area contributed by atoms with E-state index in [0.717, 1.165) is 6.92 Å². The minimum absolute atomic E-state index is 0.386. The summed E-state index contributed by atoms with van der Waals surface area (Å²) in [5, 5.41) is 18.0. The Bertz CT molecular complexity index is 367. The van der Waals surface area contributed by atoms with Gasteiger partial charge in [0.25, 0.3) is 0 Å². The number of aliphatic hydroxyl groups is 1. The number of Topliss-reactive ketones (excluding diaryl/α,β-unsaturated/α-hetero) is 1. The van der Waals surface area contributed by atoms with Crippen molar-refractivity contribution in [2.75, 3.05) is 0 Å². The minimum Gasteiger partial charge on any atom is -0.479 e. The number of carbonyl (C=O) groups excluding carboxylic acids is 1. The number of hydrogen-bond acceptors (Lipinski definition) is 3. The molecule has 0 spiro atoms. The zero-order chi connectivity index (χ0) is 11.5. The van der Waals surface area contributed by atoms with Crippen LogP contribution in [-0.4, -0.2) is 27.6 Å². The zero-order valence-corrected chi connectivity index (χ0v) is 8.30. The fourth-order valence-corrected chi connectivity index (χ4v) is 1.11. The van der Waals surface area contributed by atoms with E-state index in [4.69, 9.17) is 5.11 Å². The summed E-state index contributed by atoms with van der Waals surface area (Å²) in [6.07, 6.45) is -0.424. The Hall–Kier alpha value is -1.68. The maximum Gasteiger partial charge on any atom is 0.335 e. The summed E-state index contributed by atoms with van der Waals surface area (Å²) in [7, 11) is 0. The average Bonchev–Trinajstić information content (AvgIpc) is 2.18. The lowest BCUT2D eigenvalue weighted by Crippen LogP contribution is -2.37. The fourth-order valence-electron chi connectivity index (χ4n) is 1.11. The summed E-state index contributed by atoms with van der Waals surface area (Å²) in [6, 6.07) is 8.29. The molecule has 4 heteroatoms. The molecule has 0 aromatic heterocycles. The molecule has 0 amide bonds. The third-order valence-corrected chi connectivity index (χ3v) is 2.06. The van der Waals surface area contributed by atoms with Crippen LogP contribution in [0.4, 0.5) is 0 Å². The number of aliphatic carboxylic acids is 1. The highest BCUT2D eigenvalue weighted by molar-refractivity contribution is 5.99. The Morgan fingerprint density at radius 2 is 1.80 bits per heavy atom. The fraction of sp³-hybridized carbons (Fsp3) is 0.273. The van der Waals surface area contributed by atoms with Gasteiger partial charge in [0.1, 0.15) is 0 Å². The molecule has 1 atom stereocenters. The second-order valence-corrected chi connectivity index (χ2v) is 3.54. The Kier molecular flexibility index (Phi) is 3.21. The SMILES string of the molecule is C[C@](O)(CC(=O)c1ccccc1)C(=O)O. The van der Waals surface area contributed by atoms with E-state index in [9.17, 15) is 14.7 Å². The molecule has 1 aromatic rings. The third kappa shape index (κ3) is 2.89. The summed E-state index contributed by atoms with van der Waals surface area (Å²) in [5.74, 6) is -1.78. The van der Waals surface area contributed by atoms with Crippen molar-refractivity contribution < 1.29 is 19.8 Å². The highest BCUT2D eigenvalue weighted by atomic mass is 16.4. The van der Waals surface area contributed by atoms with Crippen molar-refractivity contribution >= 4 is 11.8 Å². The first-order valence-electron chi connectivity index (χ1n) is 4.47. The van der Waals surface area contributed by atoms with Gasteiger partial charge in [0, 0.05) is 5.56 Å². The summed E-state index contributed by atoms with van der Waals surface area (Å²) in [5.41, 5.74) is -1.61. The number of benzene rings is 1. The average molecular weight is 208 g/mol. The lowest BCUT2D eigenvalue weighted by atomic mass is 9.96. The molecular weight excluding hydrogens is 196 g/mol. The van der Waals surface area contributed by atoms with E-state index in [-0.39, 0.29) is 5.78 Å². The van der Waals surface area contributed by atoms with E-state index in [1.807, 2.05) is 0 Å². The van der Waals surface area contributed by atoms with Gasteiger partial charge in [-0.1, -0.05) is 30.3 Å². The van der Waals surface area contributed by atoms with Gasteiger partial charge in [-0.3, -0.25) is 4.79 Å². The van der Waals surface area contributed by atoms with E-state index in [1.54, 1.807) is 30.3 Å². The molecular formula is C11H12O4. The lowest BCUT2D eigenvalue weighted by Gasteiger charge is -2.16. The molecule has 0 unspecified atom stereocenters. The molecule has 0 bridgehead atoms. The van der Waals surface area contributed by atoms with Gasteiger partial charge in [-0.2, -0.15) is 0 Å². The van der Waals surface area contributed by atoms with Crippen LogP contribution in [0.15, 0.2) is 30.3 Å². The lowest BCUT2D eigenvalue weighted by molar-refractivity contribution is -0.156. The van der Waals surface area contributed by atoms with Gasteiger partial charge in [-0.05, 0) is 6.92 Å². The molecule has 80 valence electrons. The summed E-state index contributed by atoms with van der Waals surface area (Å²) >= 11 is 0. The van der Waals surface area contributed by atoms with Gasteiger partial charge in [-0.25, -0.2) is 4.79 Å². The monoisotopic (exact) mass is 208 g/mol. The van der Waals surface area contributed by atoms with Gasteiger partial charge in [0.2, 0.25) is 0 Å². The van der Waals surface area contributed by atoms with Crippen LogP contribution in [0.3, 0.4) is 0 Å². The molecule has 0 aliphatic carbocycles. The standard InChI is InChI=1S/C11H12O4/c1-11(15,10(13)14)7-9(12)8-5-3-2-4-6-8/h2-6,15H,7H2,1H3,(H,13,14)/t11-/m0/s1. The molecule has 4 nitrogen and oxygen atoms in total. The highest BCUT2D eigenvalue weighted by Gasteiger charge is 2.32. The molecule has 0 radical (unpaired) electrons. The Labute approximate surface area is 87.2 Å². The second kappa shape index (κ2) is 4.23. The smallest absolute Gasteiger partial charge is 0.335 e. The Balaban J connectivity index is 2.77. The van der Waals surface area contributed by atoms with E-state index in [2.05, 4.69) is 0 Å². The first-order chi connectivity index (χ1) is 6.93. The third-order valence-electron chi connectivity index (χ3n) is 2.06. The number of hydrogen-bond donors (Lipinski definition) is 2. The molecule has 0 saturated heterocycles. The maximum atomic E-state index is 11.5. The first-order valence-corrected chi connectivity index (χ1v) is 4.47. The quantitative estimate of drug-likeness (QED) is 0.726. The van der Waals surface area contributed by atoms with Crippen LogP contribution in [0, 0.1) is 0 Å². The van der Waals surface area contributed by atoms with Crippen LogP contribution in [0.2, 0.25) is 0 Å². The molecule has 0 fully saturated rings. The number of carboxylic acids is 1. The van der Waals surface area contributed by atoms with E-state index in [1.165, 1.54) is 0 Å². The van der Waals surface area contributed by atoms with Crippen LogP contribution in [0.25, 0.3) is 0 Å². The van der Waals surface area contributed by atoms with Crippen molar-refractivity contribution in [2.24, 2.45) is 0 Å². The van der Waals surface area contributed by atoms with Crippen LogP contribution in [0.5, 0.6) is 0 Å². The van der Waals surface area contributed by atoms with Gasteiger partial charge in [0.15, 0.2) is 11.4 Å². The number of carbonyl (C=O) groups is 2. The van der Waals surface area contributed by atoms with E-state index < -0.39 is 18.0 Å². The molecule has 0 saturated carbocycles. The number of ketones is 1. The molecule has 0 aliphatic heterocycles. The van der Waals surface area contributed by atoms with Crippen molar-refractivity contribution in [2.45, 2.75) is 18.9 Å². The maximum absolute atomic E-state index is 11.5. The normalized spacial score (nSPS) is 14.3. The molecule has 1 aromatic carbocycles. The molecule has 1 rings (SSSR count). The van der Waals surface area contributed by atoms with Crippen molar-refractivity contribution in [3.8, 4) is 0 Å². The van der Waals surface area contributed by atoms with Gasteiger partial charge in [-0.15, -0.1) is 0 Å². The summed E-state index contributed by atoms with van der Waals surface area (Å²) < 4.78 is 0. The Morgan fingerprint density at radius 1 is 1.27 bits per heavy atom. The van der Waals surface area contributed by atoms with E-state index in [0.29, 0.717) is 5.56 Å². The van der Waals surface area contributed by atoms with Crippen molar-refractivity contribution in [1.82, 2.24) is 0 Å². The summed E-state index contributed by atoms with van der Waals surface area (Å²) in [4.78, 5) is 22.1. The van der Waals surface area contributed by atoms with Gasteiger partial charge < -0.3 is 10.2 Å². The molecule has 2 N–H and O–H groups in total. The molecule has 0 aliphatic rings. The van der Waals surface area contributed by atoms with Gasteiger partial charge in [0.05, 0.1) is 6.42 Å². The van der Waals surface area contributed by atoms with Crippen LogP contribution in [-0.2, 0) is 4.79 Å². The van der Waals surface area contributed by atoms with Crippen molar-refractivity contribution in [1.29, 1.82) is 0 Å². The van der Waals surface area contributed by atoms with Crippen LogP contribution < -0.4 is 0 Å². The Morgan fingerprint density at radius 3 is 2.27 bits per heavy atom. The minimum atomic E-state index is -2.01. The largest absolute Gasteiger partial charge is 0.479 e. The van der Waals surface area contributed by atoms with Crippen molar-refractivity contribution in [3.05, 3.63) is 35.9 Å².